The summed E-state index contributed by atoms with van der Waals surface area (Å²) >= 11 is 0. The van der Waals surface area contributed by atoms with Gasteiger partial charge >= 0.3 is 5.97 Å². The first-order valence-electron chi connectivity index (χ1n) is 10.8. The van der Waals surface area contributed by atoms with E-state index in [1.54, 1.807) is 18.5 Å². The van der Waals surface area contributed by atoms with Crippen molar-refractivity contribution >= 4 is 22.8 Å². The topological polar surface area (TPSA) is 81.2 Å². The maximum atomic E-state index is 12.9. The summed E-state index contributed by atoms with van der Waals surface area (Å²) in [6, 6.07) is 12.9. The molecule has 1 aliphatic carbocycles. The fraction of sp³-hybridized carbons (Fsp3) is 0.360. The maximum absolute atomic E-state index is 12.9. The predicted octanol–water partition coefficient (Wildman–Crippen LogP) is 4.39. The Balaban J connectivity index is 1.50. The molecule has 0 bridgehead atoms. The van der Waals surface area contributed by atoms with E-state index in [2.05, 4.69) is 29.1 Å². The van der Waals surface area contributed by atoms with Crippen LogP contribution in [0.25, 0.3) is 22.2 Å². The first-order chi connectivity index (χ1) is 15.0. The number of benzene rings is 1. The summed E-state index contributed by atoms with van der Waals surface area (Å²) in [6.07, 6.45) is 6.63. The van der Waals surface area contributed by atoms with Gasteiger partial charge < -0.3 is 10.1 Å². The van der Waals surface area contributed by atoms with Crippen molar-refractivity contribution in [2.24, 2.45) is 11.8 Å². The van der Waals surface area contributed by atoms with Crippen LogP contribution in [0.15, 0.2) is 54.9 Å². The number of pyridine rings is 2. The third-order valence-electron chi connectivity index (χ3n) is 6.30. The zero-order valence-corrected chi connectivity index (χ0v) is 17.9. The molecule has 6 heteroatoms. The van der Waals surface area contributed by atoms with E-state index < -0.39 is 5.97 Å². The van der Waals surface area contributed by atoms with E-state index in [0.29, 0.717) is 34.0 Å². The second kappa shape index (κ2) is 9.25. The normalized spacial score (nSPS) is 20.9. The van der Waals surface area contributed by atoms with Crippen LogP contribution in [0.3, 0.4) is 0 Å². The lowest BCUT2D eigenvalue weighted by molar-refractivity contribution is -0.125. The molecule has 2 heterocycles. The quantitative estimate of drug-likeness (QED) is 0.623. The van der Waals surface area contributed by atoms with Gasteiger partial charge in [0.15, 0.2) is 6.61 Å². The van der Waals surface area contributed by atoms with E-state index in [0.717, 1.165) is 18.4 Å². The molecule has 1 saturated carbocycles. The van der Waals surface area contributed by atoms with Crippen molar-refractivity contribution in [1.29, 1.82) is 0 Å². The van der Waals surface area contributed by atoms with Gasteiger partial charge in [0.1, 0.15) is 0 Å². The fourth-order valence-electron chi connectivity index (χ4n) is 4.26. The summed E-state index contributed by atoms with van der Waals surface area (Å²) in [5.41, 5.74) is 2.60. The Labute approximate surface area is 182 Å². The van der Waals surface area contributed by atoms with E-state index in [1.807, 2.05) is 36.4 Å². The Kier molecular flexibility index (Phi) is 6.26. The number of carbonyl (C=O) groups is 2. The van der Waals surface area contributed by atoms with E-state index in [-0.39, 0.29) is 18.6 Å². The van der Waals surface area contributed by atoms with Gasteiger partial charge in [0, 0.05) is 29.4 Å². The minimum atomic E-state index is -0.533. The van der Waals surface area contributed by atoms with Gasteiger partial charge in [0.2, 0.25) is 0 Å². The number of nitrogens with zero attached hydrogens (tertiary/aromatic N) is 2. The second-order valence-electron chi connectivity index (χ2n) is 8.33. The molecule has 1 aliphatic rings. The monoisotopic (exact) mass is 417 g/mol. The maximum Gasteiger partial charge on any atom is 0.339 e. The lowest BCUT2D eigenvalue weighted by Crippen LogP contribution is -2.45. The van der Waals surface area contributed by atoms with Crippen molar-refractivity contribution in [2.75, 3.05) is 6.61 Å². The molecule has 160 valence electrons. The molecule has 4 rings (SSSR count). The molecule has 1 aromatic carbocycles. The Morgan fingerprint density at radius 2 is 1.87 bits per heavy atom. The van der Waals surface area contributed by atoms with E-state index in [9.17, 15) is 9.59 Å². The third kappa shape index (κ3) is 4.74. The van der Waals surface area contributed by atoms with Crippen LogP contribution in [0.5, 0.6) is 0 Å². The molecule has 0 saturated heterocycles. The molecule has 31 heavy (non-hydrogen) atoms. The molecule has 0 radical (unpaired) electrons. The van der Waals surface area contributed by atoms with Crippen molar-refractivity contribution < 1.29 is 14.3 Å². The highest BCUT2D eigenvalue weighted by Crippen LogP contribution is 2.29. The number of nitrogens with one attached hydrogen (secondary N) is 1. The molecule has 3 aromatic rings. The number of hydrogen-bond donors (Lipinski definition) is 1. The molecular weight excluding hydrogens is 390 g/mol. The summed E-state index contributed by atoms with van der Waals surface area (Å²) < 4.78 is 5.40. The first kappa shape index (κ1) is 21.0. The Hall–Kier alpha value is -3.28. The van der Waals surface area contributed by atoms with E-state index in [1.165, 1.54) is 6.42 Å². The third-order valence-corrected chi connectivity index (χ3v) is 6.30. The Morgan fingerprint density at radius 1 is 1.10 bits per heavy atom. The SMILES string of the molecule is C[C@H]1[C@H](C)CCC[C@@H]1NC(=O)COC(=O)c1cc(-c2ccncc2)nc2ccccc12. The van der Waals surface area contributed by atoms with Crippen LogP contribution in [0, 0.1) is 11.8 Å². The Morgan fingerprint density at radius 3 is 2.68 bits per heavy atom. The summed E-state index contributed by atoms with van der Waals surface area (Å²) in [4.78, 5) is 34.1. The molecule has 1 N–H and O–H groups in total. The number of hydrogen-bond acceptors (Lipinski definition) is 5. The molecule has 0 aliphatic heterocycles. The minimum Gasteiger partial charge on any atom is -0.452 e. The van der Waals surface area contributed by atoms with Gasteiger partial charge in [-0.05, 0) is 42.5 Å². The Bertz CT molecular complexity index is 1080. The molecule has 0 spiro atoms. The van der Waals surface area contributed by atoms with Crippen LogP contribution >= 0.6 is 0 Å². The molecule has 1 fully saturated rings. The molecule has 3 atom stereocenters. The van der Waals surface area contributed by atoms with Gasteiger partial charge in [-0.15, -0.1) is 0 Å². The van der Waals surface area contributed by atoms with Crippen molar-refractivity contribution in [3.8, 4) is 11.3 Å². The molecule has 2 aromatic heterocycles. The number of para-hydroxylation sites is 1. The molecule has 6 nitrogen and oxygen atoms in total. The summed E-state index contributed by atoms with van der Waals surface area (Å²) in [6.45, 7) is 4.10. The van der Waals surface area contributed by atoms with Crippen LogP contribution in [0.4, 0.5) is 0 Å². The smallest absolute Gasteiger partial charge is 0.339 e. The lowest BCUT2D eigenvalue weighted by atomic mass is 9.78. The van der Waals surface area contributed by atoms with E-state index >= 15 is 0 Å². The van der Waals surface area contributed by atoms with Crippen LogP contribution in [0.2, 0.25) is 0 Å². The summed E-state index contributed by atoms with van der Waals surface area (Å²) in [5, 5.41) is 3.74. The van der Waals surface area contributed by atoms with Gasteiger partial charge in [-0.25, -0.2) is 9.78 Å². The molecule has 1 amide bonds. The molecule has 0 unspecified atom stereocenters. The second-order valence-corrected chi connectivity index (χ2v) is 8.33. The van der Waals surface area contributed by atoms with Gasteiger partial charge in [-0.1, -0.05) is 44.9 Å². The van der Waals surface area contributed by atoms with Crippen LogP contribution in [0.1, 0.15) is 43.5 Å². The van der Waals surface area contributed by atoms with Gasteiger partial charge in [0.05, 0.1) is 16.8 Å². The number of amides is 1. The van der Waals surface area contributed by atoms with Gasteiger partial charge in [-0.3, -0.25) is 9.78 Å². The zero-order valence-electron chi connectivity index (χ0n) is 17.9. The standard InChI is InChI=1S/C25H27N3O3/c1-16-6-5-9-21(17(16)2)28-24(29)15-31-25(30)20-14-23(18-10-12-26-13-11-18)27-22-8-4-3-7-19(20)22/h3-4,7-8,10-14,16-17,21H,5-6,9,15H2,1-2H3,(H,28,29)/t16-,17+,21+/m1/s1. The van der Waals surface area contributed by atoms with Crippen molar-refractivity contribution in [2.45, 2.75) is 39.2 Å². The van der Waals surface area contributed by atoms with E-state index in [4.69, 9.17) is 4.74 Å². The first-order valence-corrected chi connectivity index (χ1v) is 10.8. The van der Waals surface area contributed by atoms with Crippen LogP contribution < -0.4 is 5.32 Å². The molecular formula is C25H27N3O3. The van der Waals surface area contributed by atoms with Crippen LogP contribution in [-0.2, 0) is 9.53 Å². The highest BCUT2D eigenvalue weighted by atomic mass is 16.5. The number of rotatable bonds is 5. The zero-order chi connectivity index (χ0) is 21.8. The lowest BCUT2D eigenvalue weighted by Gasteiger charge is -2.34. The fourth-order valence-corrected chi connectivity index (χ4v) is 4.26. The predicted molar refractivity (Wildman–Crippen MR) is 119 cm³/mol. The number of ether oxygens (including phenoxy) is 1. The van der Waals surface area contributed by atoms with Gasteiger partial charge in [0.25, 0.3) is 5.91 Å². The summed E-state index contributed by atoms with van der Waals surface area (Å²) in [5.74, 6) is 0.206. The van der Waals surface area contributed by atoms with Crippen molar-refractivity contribution in [3.63, 3.8) is 0 Å². The average molecular weight is 418 g/mol. The highest BCUT2D eigenvalue weighted by Gasteiger charge is 2.28. The van der Waals surface area contributed by atoms with Crippen molar-refractivity contribution in [3.05, 3.63) is 60.4 Å². The largest absolute Gasteiger partial charge is 0.452 e. The van der Waals surface area contributed by atoms with Crippen LogP contribution in [-0.4, -0.2) is 34.5 Å². The number of carbonyl (C=O) groups excluding carboxylic acids is 2. The minimum absolute atomic E-state index is 0.134. The number of esters is 1. The van der Waals surface area contributed by atoms with Gasteiger partial charge in [-0.2, -0.15) is 0 Å². The number of aromatic nitrogens is 2. The highest BCUT2D eigenvalue weighted by molar-refractivity contribution is 6.05. The van der Waals surface area contributed by atoms with Crippen molar-refractivity contribution in [1.82, 2.24) is 15.3 Å². The average Bonchev–Trinajstić information content (AvgIpc) is 2.80. The number of fused-ring (bicyclic) bond motifs is 1. The summed E-state index contributed by atoms with van der Waals surface area (Å²) in [7, 11) is 0.